The molecule has 0 fully saturated rings. The number of nitrogens with zero attached hydrogens (tertiary/aromatic N) is 3. The van der Waals surface area contributed by atoms with Gasteiger partial charge in [-0.25, -0.2) is 9.78 Å². The lowest BCUT2D eigenvalue weighted by Crippen LogP contribution is -2.40. The van der Waals surface area contributed by atoms with Crippen molar-refractivity contribution in [2.45, 2.75) is 39.7 Å². The van der Waals surface area contributed by atoms with E-state index in [-0.39, 0.29) is 18.0 Å². The molecule has 120 valence electrons. The molecule has 0 aliphatic rings. The minimum atomic E-state index is -0.142. The van der Waals surface area contributed by atoms with Crippen LogP contribution in [-0.4, -0.2) is 34.7 Å². The van der Waals surface area contributed by atoms with E-state index in [2.05, 4.69) is 22.4 Å². The van der Waals surface area contributed by atoms with Gasteiger partial charge in [-0.2, -0.15) is 0 Å². The maximum Gasteiger partial charge on any atom is 0.317 e. The van der Waals surface area contributed by atoms with Crippen LogP contribution in [0.15, 0.2) is 16.1 Å². The van der Waals surface area contributed by atoms with E-state index in [1.807, 2.05) is 26.2 Å². The Bertz CT molecular complexity index is 604. The molecule has 2 amide bonds. The maximum absolute atomic E-state index is 12.3. The van der Waals surface area contributed by atoms with Gasteiger partial charge in [0.25, 0.3) is 0 Å². The summed E-state index contributed by atoms with van der Waals surface area (Å²) in [4.78, 5) is 18.3. The Balaban J connectivity index is 1.94. The van der Waals surface area contributed by atoms with Gasteiger partial charge < -0.3 is 14.7 Å². The standard InChI is InChI=1S/C15H22N4O2S/c1-9(14-16-6-7-22-14)8-19(5)15(20)17-10(2)13-11(3)18-21-12(13)4/h6-7,9-10H,8H2,1-5H3,(H,17,20)/t9-,10-/m0/s1. The van der Waals surface area contributed by atoms with Gasteiger partial charge in [0.1, 0.15) is 5.76 Å². The highest BCUT2D eigenvalue weighted by Crippen LogP contribution is 2.22. The number of hydrogen-bond acceptors (Lipinski definition) is 5. The van der Waals surface area contributed by atoms with Crippen LogP contribution in [0, 0.1) is 13.8 Å². The van der Waals surface area contributed by atoms with E-state index >= 15 is 0 Å². The van der Waals surface area contributed by atoms with Gasteiger partial charge in [0.05, 0.1) is 16.7 Å². The first-order valence-corrected chi connectivity index (χ1v) is 8.12. The molecule has 0 aliphatic heterocycles. The molecule has 2 aromatic rings. The summed E-state index contributed by atoms with van der Waals surface area (Å²) in [6, 6.07) is -0.257. The second kappa shape index (κ2) is 6.91. The van der Waals surface area contributed by atoms with Crippen LogP contribution in [0.5, 0.6) is 0 Å². The molecular formula is C15H22N4O2S. The normalized spacial score (nSPS) is 13.7. The summed E-state index contributed by atoms with van der Waals surface area (Å²) in [5.74, 6) is 0.953. The Labute approximate surface area is 134 Å². The van der Waals surface area contributed by atoms with Crippen LogP contribution in [0.4, 0.5) is 4.79 Å². The lowest BCUT2D eigenvalue weighted by molar-refractivity contribution is 0.203. The van der Waals surface area contributed by atoms with Crippen molar-refractivity contribution in [3.05, 3.63) is 33.6 Å². The fourth-order valence-electron chi connectivity index (χ4n) is 2.53. The van der Waals surface area contributed by atoms with Crippen LogP contribution in [0.1, 0.15) is 47.8 Å². The summed E-state index contributed by atoms with van der Waals surface area (Å²) in [6.45, 7) is 8.35. The van der Waals surface area contributed by atoms with E-state index in [9.17, 15) is 4.79 Å². The molecule has 2 atom stereocenters. The molecular weight excluding hydrogens is 300 g/mol. The van der Waals surface area contributed by atoms with Crippen molar-refractivity contribution in [2.24, 2.45) is 0 Å². The fourth-order valence-corrected chi connectivity index (χ4v) is 3.22. The Morgan fingerprint density at radius 3 is 2.73 bits per heavy atom. The second-order valence-corrected chi connectivity index (χ2v) is 6.49. The van der Waals surface area contributed by atoms with Crippen LogP contribution < -0.4 is 5.32 Å². The minimum absolute atomic E-state index is 0.115. The molecule has 1 N–H and O–H groups in total. The lowest BCUT2D eigenvalue weighted by atomic mass is 10.1. The molecule has 2 heterocycles. The molecule has 0 aromatic carbocycles. The van der Waals surface area contributed by atoms with E-state index in [4.69, 9.17) is 4.52 Å². The number of aromatic nitrogens is 2. The number of amides is 2. The van der Waals surface area contributed by atoms with Crippen LogP contribution >= 0.6 is 11.3 Å². The molecule has 7 heteroatoms. The average Bonchev–Trinajstić information content (AvgIpc) is 3.08. The highest BCUT2D eigenvalue weighted by atomic mass is 32.1. The van der Waals surface area contributed by atoms with E-state index < -0.39 is 0 Å². The van der Waals surface area contributed by atoms with Gasteiger partial charge in [0.2, 0.25) is 0 Å². The van der Waals surface area contributed by atoms with Gasteiger partial charge in [-0.15, -0.1) is 11.3 Å². The van der Waals surface area contributed by atoms with Crippen molar-refractivity contribution < 1.29 is 9.32 Å². The summed E-state index contributed by atoms with van der Waals surface area (Å²) in [5, 5.41) is 9.90. The van der Waals surface area contributed by atoms with Crippen LogP contribution in [0.25, 0.3) is 0 Å². The predicted octanol–water partition coefficient (Wildman–Crippen LogP) is 3.25. The number of urea groups is 1. The number of thiazole rings is 1. The largest absolute Gasteiger partial charge is 0.361 e. The summed E-state index contributed by atoms with van der Waals surface area (Å²) in [5.41, 5.74) is 1.75. The molecule has 6 nitrogen and oxygen atoms in total. The summed E-state index contributed by atoms with van der Waals surface area (Å²) < 4.78 is 5.15. The van der Waals surface area contributed by atoms with Crippen LogP contribution in [0.2, 0.25) is 0 Å². The highest BCUT2D eigenvalue weighted by molar-refractivity contribution is 7.09. The van der Waals surface area contributed by atoms with Crippen LogP contribution in [0.3, 0.4) is 0 Å². The number of rotatable bonds is 5. The van der Waals surface area contributed by atoms with E-state index in [1.165, 1.54) is 0 Å². The number of hydrogen-bond donors (Lipinski definition) is 1. The summed E-state index contributed by atoms with van der Waals surface area (Å²) >= 11 is 1.61. The number of aryl methyl sites for hydroxylation is 2. The van der Waals surface area contributed by atoms with Gasteiger partial charge in [-0.3, -0.25) is 0 Å². The van der Waals surface area contributed by atoms with E-state index in [1.54, 1.807) is 29.5 Å². The number of likely N-dealkylation sites (N-methyl/N-ethyl adjacent to an activating group) is 1. The fraction of sp³-hybridized carbons (Fsp3) is 0.533. The van der Waals surface area contributed by atoms with Crippen molar-refractivity contribution in [2.75, 3.05) is 13.6 Å². The Hall–Kier alpha value is -1.89. The highest BCUT2D eigenvalue weighted by Gasteiger charge is 2.21. The third kappa shape index (κ3) is 3.65. The maximum atomic E-state index is 12.3. The number of carbonyl (C=O) groups excluding carboxylic acids is 1. The first-order chi connectivity index (χ1) is 10.4. The monoisotopic (exact) mass is 322 g/mol. The Morgan fingerprint density at radius 1 is 1.45 bits per heavy atom. The zero-order chi connectivity index (χ0) is 16.3. The Kier molecular flexibility index (Phi) is 5.18. The van der Waals surface area contributed by atoms with Crippen molar-refractivity contribution in [1.82, 2.24) is 20.4 Å². The van der Waals surface area contributed by atoms with Gasteiger partial charge in [-0.1, -0.05) is 12.1 Å². The first-order valence-electron chi connectivity index (χ1n) is 7.24. The predicted molar refractivity (Wildman–Crippen MR) is 86.1 cm³/mol. The summed E-state index contributed by atoms with van der Waals surface area (Å²) in [7, 11) is 1.79. The SMILES string of the molecule is Cc1noc(C)c1[C@H](C)NC(=O)N(C)C[C@H](C)c1nccs1. The molecule has 0 saturated heterocycles. The van der Waals surface area contributed by atoms with Gasteiger partial charge in [0, 0.05) is 36.7 Å². The molecule has 0 aliphatic carbocycles. The van der Waals surface area contributed by atoms with Gasteiger partial charge in [-0.05, 0) is 20.8 Å². The smallest absolute Gasteiger partial charge is 0.317 e. The van der Waals surface area contributed by atoms with Crippen LogP contribution in [-0.2, 0) is 0 Å². The number of carbonyl (C=O) groups is 1. The molecule has 2 rings (SSSR count). The zero-order valence-electron chi connectivity index (χ0n) is 13.6. The van der Waals surface area contributed by atoms with E-state index in [0.29, 0.717) is 6.54 Å². The van der Waals surface area contributed by atoms with Gasteiger partial charge >= 0.3 is 6.03 Å². The molecule has 22 heavy (non-hydrogen) atoms. The number of nitrogens with one attached hydrogen (secondary N) is 1. The van der Waals surface area contributed by atoms with Crippen molar-refractivity contribution in [3.8, 4) is 0 Å². The van der Waals surface area contributed by atoms with Crippen molar-refractivity contribution >= 4 is 17.4 Å². The lowest BCUT2D eigenvalue weighted by Gasteiger charge is -2.23. The summed E-state index contributed by atoms with van der Waals surface area (Å²) in [6.07, 6.45) is 1.79. The third-order valence-corrected chi connectivity index (χ3v) is 4.64. The van der Waals surface area contributed by atoms with Crippen molar-refractivity contribution in [3.63, 3.8) is 0 Å². The molecule has 0 saturated carbocycles. The topological polar surface area (TPSA) is 71.3 Å². The van der Waals surface area contributed by atoms with E-state index in [0.717, 1.165) is 22.0 Å². The third-order valence-electron chi connectivity index (χ3n) is 3.63. The second-order valence-electron chi connectivity index (χ2n) is 5.56. The molecule has 0 unspecified atom stereocenters. The average molecular weight is 322 g/mol. The zero-order valence-corrected chi connectivity index (χ0v) is 14.4. The Morgan fingerprint density at radius 2 is 2.18 bits per heavy atom. The quantitative estimate of drug-likeness (QED) is 0.917. The van der Waals surface area contributed by atoms with Gasteiger partial charge in [0.15, 0.2) is 0 Å². The first kappa shape index (κ1) is 16.5. The van der Waals surface area contributed by atoms with Crippen molar-refractivity contribution in [1.29, 1.82) is 0 Å². The molecule has 0 bridgehead atoms. The minimum Gasteiger partial charge on any atom is -0.361 e. The molecule has 2 aromatic heterocycles. The molecule has 0 spiro atoms. The molecule has 0 radical (unpaired) electrons.